The standard InChI is InChI=1S/C16H21N3O5/c1-11-10-24-14-8-12(15(20)17-22)2-3-13(14)9-19(11)16(21)18-4-6-23-7-5-18/h2-3,8,11,22H,4-7,9-10H2,1H3,(H,17,20)/t11-/m0/s1. The van der Waals surface area contributed by atoms with Crippen LogP contribution in [0.15, 0.2) is 18.2 Å². The van der Waals surface area contributed by atoms with Crippen LogP contribution in [0.2, 0.25) is 0 Å². The van der Waals surface area contributed by atoms with E-state index in [1.807, 2.05) is 6.92 Å². The normalized spacial score (nSPS) is 20.7. The highest BCUT2D eigenvalue weighted by Gasteiger charge is 2.30. The zero-order valence-corrected chi connectivity index (χ0v) is 13.5. The maximum Gasteiger partial charge on any atom is 0.320 e. The van der Waals surface area contributed by atoms with Crippen molar-refractivity contribution in [3.05, 3.63) is 29.3 Å². The number of morpholine rings is 1. The maximum absolute atomic E-state index is 12.8. The predicted molar refractivity (Wildman–Crippen MR) is 84.0 cm³/mol. The van der Waals surface area contributed by atoms with Crippen LogP contribution in [-0.4, -0.2) is 65.9 Å². The van der Waals surface area contributed by atoms with E-state index in [4.69, 9.17) is 14.7 Å². The Morgan fingerprint density at radius 2 is 2.04 bits per heavy atom. The number of amides is 3. The van der Waals surface area contributed by atoms with Crippen LogP contribution in [0.5, 0.6) is 5.75 Å². The summed E-state index contributed by atoms with van der Waals surface area (Å²) in [6.45, 7) is 4.98. The van der Waals surface area contributed by atoms with E-state index in [0.717, 1.165) is 5.56 Å². The SMILES string of the molecule is C[C@H]1COc2cc(C(=O)NO)ccc2CN1C(=O)N1CCOCC1. The molecule has 8 nitrogen and oxygen atoms in total. The molecule has 2 aliphatic rings. The number of hydrogen-bond donors (Lipinski definition) is 2. The molecule has 2 heterocycles. The van der Waals surface area contributed by atoms with Crippen LogP contribution in [-0.2, 0) is 11.3 Å². The number of carbonyl (C=O) groups is 2. The minimum Gasteiger partial charge on any atom is -0.491 e. The first-order valence-corrected chi connectivity index (χ1v) is 7.93. The van der Waals surface area contributed by atoms with E-state index in [2.05, 4.69) is 0 Å². The Labute approximate surface area is 139 Å². The second-order valence-corrected chi connectivity index (χ2v) is 5.93. The molecule has 1 aromatic rings. The number of hydroxylamine groups is 1. The summed E-state index contributed by atoms with van der Waals surface area (Å²) in [6, 6.07) is 4.80. The molecule has 0 radical (unpaired) electrons. The Morgan fingerprint density at radius 1 is 1.29 bits per heavy atom. The summed E-state index contributed by atoms with van der Waals surface area (Å²) in [5.41, 5.74) is 2.74. The summed E-state index contributed by atoms with van der Waals surface area (Å²) >= 11 is 0. The zero-order valence-electron chi connectivity index (χ0n) is 13.5. The van der Waals surface area contributed by atoms with Crippen LogP contribution in [0.4, 0.5) is 4.79 Å². The first-order chi connectivity index (χ1) is 11.6. The number of carbonyl (C=O) groups excluding carboxylic acids is 2. The largest absolute Gasteiger partial charge is 0.491 e. The van der Waals surface area contributed by atoms with Crippen molar-refractivity contribution in [2.75, 3.05) is 32.9 Å². The van der Waals surface area contributed by atoms with Crippen LogP contribution in [0.1, 0.15) is 22.8 Å². The summed E-state index contributed by atoms with van der Waals surface area (Å²) in [7, 11) is 0. The molecule has 2 N–H and O–H groups in total. The van der Waals surface area contributed by atoms with Crippen molar-refractivity contribution in [3.8, 4) is 5.75 Å². The molecule has 1 atom stereocenters. The van der Waals surface area contributed by atoms with Gasteiger partial charge in [-0.2, -0.15) is 0 Å². The molecule has 0 aromatic heterocycles. The van der Waals surface area contributed by atoms with Crippen LogP contribution < -0.4 is 10.2 Å². The average molecular weight is 335 g/mol. The fourth-order valence-corrected chi connectivity index (χ4v) is 2.86. The van der Waals surface area contributed by atoms with Crippen LogP contribution in [0.25, 0.3) is 0 Å². The van der Waals surface area contributed by atoms with E-state index < -0.39 is 5.91 Å². The van der Waals surface area contributed by atoms with Gasteiger partial charge in [-0.05, 0) is 19.1 Å². The smallest absolute Gasteiger partial charge is 0.320 e. The summed E-state index contributed by atoms with van der Waals surface area (Å²) < 4.78 is 11.1. The minimum absolute atomic E-state index is 0.0283. The first kappa shape index (κ1) is 16.5. The lowest BCUT2D eigenvalue weighted by molar-refractivity contribution is 0.0375. The molecule has 0 bridgehead atoms. The number of nitrogens with one attached hydrogen (secondary N) is 1. The summed E-state index contributed by atoms with van der Waals surface area (Å²) in [6.07, 6.45) is 0. The van der Waals surface area contributed by atoms with Gasteiger partial charge in [0.1, 0.15) is 12.4 Å². The van der Waals surface area contributed by atoms with Crippen molar-refractivity contribution in [2.45, 2.75) is 19.5 Å². The Hall–Kier alpha value is -2.32. The number of hydrogen-bond acceptors (Lipinski definition) is 5. The molecule has 0 saturated carbocycles. The second kappa shape index (κ2) is 7.06. The molecule has 3 rings (SSSR count). The minimum atomic E-state index is -0.597. The monoisotopic (exact) mass is 335 g/mol. The fraction of sp³-hybridized carbons (Fsp3) is 0.500. The van der Waals surface area contributed by atoms with Gasteiger partial charge >= 0.3 is 6.03 Å². The van der Waals surface area contributed by atoms with Crippen molar-refractivity contribution < 1.29 is 24.3 Å². The van der Waals surface area contributed by atoms with E-state index in [-0.39, 0.29) is 12.1 Å². The third-order valence-corrected chi connectivity index (χ3v) is 4.31. The van der Waals surface area contributed by atoms with Gasteiger partial charge in [0.2, 0.25) is 0 Å². The lowest BCUT2D eigenvalue weighted by Crippen LogP contribution is -2.51. The zero-order chi connectivity index (χ0) is 17.1. The van der Waals surface area contributed by atoms with E-state index >= 15 is 0 Å². The molecule has 130 valence electrons. The van der Waals surface area contributed by atoms with Crippen molar-refractivity contribution >= 4 is 11.9 Å². The van der Waals surface area contributed by atoms with Gasteiger partial charge in [-0.1, -0.05) is 6.07 Å². The molecule has 0 unspecified atom stereocenters. The van der Waals surface area contributed by atoms with E-state index in [1.54, 1.807) is 33.5 Å². The maximum atomic E-state index is 12.8. The van der Waals surface area contributed by atoms with E-state index in [9.17, 15) is 9.59 Å². The Kier molecular flexibility index (Phi) is 4.86. The highest BCUT2D eigenvalue weighted by atomic mass is 16.5. The van der Waals surface area contributed by atoms with Crippen LogP contribution in [0.3, 0.4) is 0 Å². The Morgan fingerprint density at radius 3 is 2.75 bits per heavy atom. The van der Waals surface area contributed by atoms with Gasteiger partial charge in [0.15, 0.2) is 0 Å². The fourth-order valence-electron chi connectivity index (χ4n) is 2.86. The van der Waals surface area contributed by atoms with Gasteiger partial charge in [0.05, 0.1) is 25.8 Å². The van der Waals surface area contributed by atoms with E-state index in [1.165, 1.54) is 0 Å². The lowest BCUT2D eigenvalue weighted by atomic mass is 10.1. The first-order valence-electron chi connectivity index (χ1n) is 7.93. The number of ether oxygens (including phenoxy) is 2. The molecule has 0 spiro atoms. The number of rotatable bonds is 1. The van der Waals surface area contributed by atoms with Crippen molar-refractivity contribution in [1.82, 2.24) is 15.3 Å². The quantitative estimate of drug-likeness (QED) is 0.586. The average Bonchev–Trinajstić information content (AvgIpc) is 2.80. The molecular formula is C16H21N3O5. The van der Waals surface area contributed by atoms with Crippen LogP contribution >= 0.6 is 0 Å². The van der Waals surface area contributed by atoms with Gasteiger partial charge in [-0.3, -0.25) is 10.0 Å². The molecule has 2 aliphatic heterocycles. The van der Waals surface area contributed by atoms with Gasteiger partial charge in [-0.15, -0.1) is 0 Å². The predicted octanol–water partition coefficient (Wildman–Crippen LogP) is 0.841. The summed E-state index contributed by atoms with van der Waals surface area (Å²) in [4.78, 5) is 27.9. The number of fused-ring (bicyclic) bond motifs is 1. The third-order valence-electron chi connectivity index (χ3n) is 4.31. The molecule has 3 amide bonds. The summed E-state index contributed by atoms with van der Waals surface area (Å²) in [5, 5.41) is 8.74. The van der Waals surface area contributed by atoms with Crippen molar-refractivity contribution in [2.24, 2.45) is 0 Å². The number of benzene rings is 1. The third kappa shape index (κ3) is 3.29. The van der Waals surface area contributed by atoms with Gasteiger partial charge in [0.25, 0.3) is 5.91 Å². The second-order valence-electron chi connectivity index (χ2n) is 5.93. The van der Waals surface area contributed by atoms with Crippen LogP contribution in [0, 0.1) is 0 Å². The molecule has 0 aliphatic carbocycles. The molecule has 1 saturated heterocycles. The van der Waals surface area contributed by atoms with Crippen molar-refractivity contribution in [1.29, 1.82) is 0 Å². The molecule has 1 fully saturated rings. The molecule has 8 heteroatoms. The highest BCUT2D eigenvalue weighted by Crippen LogP contribution is 2.27. The topological polar surface area (TPSA) is 91.3 Å². The van der Waals surface area contributed by atoms with Gasteiger partial charge < -0.3 is 19.3 Å². The van der Waals surface area contributed by atoms with E-state index in [0.29, 0.717) is 50.8 Å². The Bertz CT molecular complexity index is 630. The number of urea groups is 1. The molecule has 24 heavy (non-hydrogen) atoms. The molecule has 1 aromatic carbocycles. The van der Waals surface area contributed by atoms with Crippen molar-refractivity contribution in [3.63, 3.8) is 0 Å². The molecular weight excluding hydrogens is 314 g/mol. The highest BCUT2D eigenvalue weighted by molar-refractivity contribution is 5.93. The van der Waals surface area contributed by atoms with Gasteiger partial charge in [-0.25, -0.2) is 10.3 Å². The lowest BCUT2D eigenvalue weighted by Gasteiger charge is -2.34. The number of nitrogens with zero attached hydrogens (tertiary/aromatic N) is 2. The summed E-state index contributed by atoms with van der Waals surface area (Å²) in [5.74, 6) is -0.0415. The van der Waals surface area contributed by atoms with Gasteiger partial charge in [0, 0.05) is 24.2 Å². The Balaban J connectivity index is 1.81.